The first-order valence-corrected chi connectivity index (χ1v) is 4.24. The van der Waals surface area contributed by atoms with Crippen molar-refractivity contribution in [3.05, 3.63) is 42.3 Å². The summed E-state index contributed by atoms with van der Waals surface area (Å²) >= 11 is 0. The summed E-state index contributed by atoms with van der Waals surface area (Å²) in [4.78, 5) is 11.1. The van der Waals surface area contributed by atoms with Crippen LogP contribution in [0.2, 0.25) is 0 Å². The highest BCUT2D eigenvalue weighted by Gasteiger charge is 2.26. The first-order valence-electron chi connectivity index (χ1n) is 4.24. The van der Waals surface area contributed by atoms with E-state index in [2.05, 4.69) is 6.92 Å². The van der Waals surface area contributed by atoms with Gasteiger partial charge in [-0.15, -0.1) is 0 Å². The molecule has 0 aliphatic heterocycles. The van der Waals surface area contributed by atoms with E-state index in [0.717, 1.165) is 5.56 Å². The quantitative estimate of drug-likeness (QED) is 0.606. The Hall–Kier alpha value is -1.11. The van der Waals surface area contributed by atoms with Crippen molar-refractivity contribution in [2.45, 2.75) is 18.8 Å². The fraction of sp³-hybridized carbons (Fsp3) is 0.273. The summed E-state index contributed by atoms with van der Waals surface area (Å²) in [6.45, 7) is 3.44. The Morgan fingerprint density at radius 2 is 2.00 bits per heavy atom. The number of benzene rings is 1. The third kappa shape index (κ3) is 1.27. The predicted octanol–water partition coefficient (Wildman–Crippen LogP) is 2.58. The van der Waals surface area contributed by atoms with Gasteiger partial charge in [0.2, 0.25) is 0 Å². The molecule has 0 bridgehead atoms. The fourth-order valence-electron chi connectivity index (χ4n) is 1.50. The average molecular weight is 159 g/mol. The molecule has 0 unspecified atom stereocenters. The molecule has 0 saturated heterocycles. The van der Waals surface area contributed by atoms with Gasteiger partial charge in [-0.1, -0.05) is 24.3 Å². The average Bonchev–Trinajstić information content (AvgIpc) is 2.87. The van der Waals surface area contributed by atoms with Gasteiger partial charge < -0.3 is 0 Å². The molecule has 61 valence electrons. The van der Waals surface area contributed by atoms with E-state index in [1.165, 1.54) is 18.4 Å². The lowest BCUT2D eigenvalue weighted by Crippen LogP contribution is -1.97. The minimum Gasteiger partial charge on any atom is -0.294 e. The lowest BCUT2D eigenvalue weighted by molar-refractivity contribution is 0.104. The zero-order valence-corrected chi connectivity index (χ0v) is 6.92. The molecule has 0 N–H and O–H groups in total. The van der Waals surface area contributed by atoms with Gasteiger partial charge in [0.25, 0.3) is 0 Å². The van der Waals surface area contributed by atoms with Gasteiger partial charge in [0.05, 0.1) is 0 Å². The molecular formula is C11H11O. The van der Waals surface area contributed by atoms with Crippen molar-refractivity contribution in [3.63, 3.8) is 0 Å². The van der Waals surface area contributed by atoms with Crippen molar-refractivity contribution < 1.29 is 4.79 Å². The second kappa shape index (κ2) is 2.74. The molecular weight excluding hydrogens is 148 g/mol. The van der Waals surface area contributed by atoms with Crippen molar-refractivity contribution in [2.24, 2.45) is 0 Å². The van der Waals surface area contributed by atoms with E-state index >= 15 is 0 Å². The summed E-state index contributed by atoms with van der Waals surface area (Å²) in [7, 11) is 0. The zero-order chi connectivity index (χ0) is 8.55. The van der Waals surface area contributed by atoms with E-state index in [9.17, 15) is 4.79 Å². The van der Waals surface area contributed by atoms with Crippen LogP contribution in [0.1, 0.15) is 34.7 Å². The van der Waals surface area contributed by atoms with Crippen LogP contribution in [0.4, 0.5) is 0 Å². The molecule has 1 aromatic rings. The minimum absolute atomic E-state index is 0.0579. The molecule has 1 aromatic carbocycles. The molecule has 1 aliphatic carbocycles. The number of carbonyl (C=O) groups is 1. The number of hydrogen-bond donors (Lipinski definition) is 0. The van der Waals surface area contributed by atoms with Crippen molar-refractivity contribution in [1.82, 2.24) is 0 Å². The Bertz CT molecular complexity index is 311. The van der Waals surface area contributed by atoms with Crippen molar-refractivity contribution in [2.75, 3.05) is 0 Å². The maximum atomic E-state index is 11.1. The fourth-order valence-corrected chi connectivity index (χ4v) is 1.50. The molecule has 0 aromatic heterocycles. The van der Waals surface area contributed by atoms with E-state index in [1.807, 2.05) is 24.3 Å². The van der Waals surface area contributed by atoms with Crippen LogP contribution < -0.4 is 0 Å². The molecule has 1 fully saturated rings. The third-order valence-corrected chi connectivity index (χ3v) is 2.28. The molecule has 0 amide bonds. The first-order chi connectivity index (χ1) is 5.79. The van der Waals surface area contributed by atoms with E-state index in [-0.39, 0.29) is 5.78 Å². The van der Waals surface area contributed by atoms with Crippen molar-refractivity contribution in [1.29, 1.82) is 0 Å². The molecule has 1 nitrogen and oxygen atoms in total. The maximum Gasteiger partial charge on any atom is 0.163 e. The van der Waals surface area contributed by atoms with Gasteiger partial charge in [0, 0.05) is 12.5 Å². The highest BCUT2D eigenvalue weighted by molar-refractivity contribution is 6.00. The van der Waals surface area contributed by atoms with Gasteiger partial charge in [-0.3, -0.25) is 4.79 Å². The van der Waals surface area contributed by atoms with Crippen LogP contribution in [0, 0.1) is 6.92 Å². The summed E-state index contributed by atoms with van der Waals surface area (Å²) in [5.41, 5.74) is 2.00. The summed E-state index contributed by atoms with van der Waals surface area (Å²) in [5.74, 6) is 0.574. The van der Waals surface area contributed by atoms with E-state index in [4.69, 9.17) is 0 Å². The number of rotatable bonds is 2. The summed E-state index contributed by atoms with van der Waals surface area (Å²) < 4.78 is 0. The Balaban J connectivity index is 2.43. The Kier molecular flexibility index (Phi) is 1.72. The van der Waals surface area contributed by atoms with Crippen LogP contribution >= 0.6 is 0 Å². The molecule has 1 heteroatoms. The highest BCUT2D eigenvalue weighted by Crippen LogP contribution is 2.41. The van der Waals surface area contributed by atoms with Crippen LogP contribution in [0.25, 0.3) is 0 Å². The van der Waals surface area contributed by atoms with Gasteiger partial charge in [0.15, 0.2) is 5.78 Å². The molecule has 0 atom stereocenters. The van der Waals surface area contributed by atoms with Crippen LogP contribution in [-0.4, -0.2) is 5.78 Å². The van der Waals surface area contributed by atoms with Gasteiger partial charge >= 0.3 is 0 Å². The van der Waals surface area contributed by atoms with Crippen molar-refractivity contribution >= 4 is 5.78 Å². The molecule has 1 radical (unpaired) electrons. The topological polar surface area (TPSA) is 17.1 Å². The van der Waals surface area contributed by atoms with Crippen molar-refractivity contribution in [3.8, 4) is 0 Å². The second-order valence-corrected chi connectivity index (χ2v) is 3.28. The van der Waals surface area contributed by atoms with E-state index < -0.39 is 0 Å². The summed E-state index contributed by atoms with van der Waals surface area (Å²) in [6, 6.07) is 7.78. The van der Waals surface area contributed by atoms with Crippen LogP contribution in [0.5, 0.6) is 0 Å². The molecule has 1 saturated carbocycles. The molecule has 0 heterocycles. The molecule has 12 heavy (non-hydrogen) atoms. The van der Waals surface area contributed by atoms with Gasteiger partial charge in [-0.05, 0) is 24.3 Å². The number of hydrogen-bond acceptors (Lipinski definition) is 1. The number of ketones is 1. The van der Waals surface area contributed by atoms with Crippen LogP contribution in [-0.2, 0) is 0 Å². The highest BCUT2D eigenvalue weighted by atomic mass is 16.1. The van der Waals surface area contributed by atoms with Gasteiger partial charge in [-0.2, -0.15) is 0 Å². The Labute approximate surface area is 72.4 Å². The van der Waals surface area contributed by atoms with E-state index in [1.54, 1.807) is 0 Å². The normalized spacial score (nSPS) is 16.1. The number of carbonyl (C=O) groups excluding carboxylic acids is 1. The zero-order valence-electron chi connectivity index (χ0n) is 6.92. The monoisotopic (exact) mass is 159 g/mol. The smallest absolute Gasteiger partial charge is 0.163 e. The number of Topliss-reactive ketones (excluding diaryl/α,β-unsaturated/α-hetero) is 1. The second-order valence-electron chi connectivity index (χ2n) is 3.28. The van der Waals surface area contributed by atoms with Crippen LogP contribution in [0.15, 0.2) is 24.3 Å². The molecule has 2 rings (SSSR count). The van der Waals surface area contributed by atoms with E-state index in [0.29, 0.717) is 5.92 Å². The van der Waals surface area contributed by atoms with Crippen LogP contribution in [0.3, 0.4) is 0 Å². The van der Waals surface area contributed by atoms with Gasteiger partial charge in [-0.25, -0.2) is 0 Å². The maximum absolute atomic E-state index is 11.1. The Morgan fingerprint density at radius 3 is 2.58 bits per heavy atom. The third-order valence-electron chi connectivity index (χ3n) is 2.28. The Morgan fingerprint density at radius 1 is 1.33 bits per heavy atom. The summed E-state index contributed by atoms with van der Waals surface area (Å²) in [5, 5.41) is 0. The first kappa shape index (κ1) is 7.53. The largest absolute Gasteiger partial charge is 0.294 e. The minimum atomic E-state index is -0.0579. The lowest BCUT2D eigenvalue weighted by atomic mass is 10.0. The summed E-state index contributed by atoms with van der Waals surface area (Å²) in [6.07, 6.45) is 2.45. The van der Waals surface area contributed by atoms with Gasteiger partial charge in [0.1, 0.15) is 0 Å². The lowest BCUT2D eigenvalue weighted by Gasteiger charge is -2.03. The molecule has 0 spiro atoms. The molecule has 1 aliphatic rings. The standard InChI is InChI=1S/C11H11O/c1-8(12)10-4-2-3-5-11(10)9-6-7-9/h2-5,9H,1,6-7H2. The SMILES string of the molecule is [CH2]C(=O)c1ccccc1C1CC1. The predicted molar refractivity (Wildman–Crippen MR) is 48.1 cm³/mol.